The molecule has 0 aliphatic heterocycles. The smallest absolute Gasteiger partial charge is 0.255 e. The van der Waals surface area contributed by atoms with Crippen molar-refractivity contribution < 1.29 is 9.32 Å². The van der Waals surface area contributed by atoms with E-state index in [1.54, 1.807) is 4.90 Å². The summed E-state index contributed by atoms with van der Waals surface area (Å²) in [4.78, 5) is 14.5. The molecule has 0 aliphatic carbocycles. The van der Waals surface area contributed by atoms with Gasteiger partial charge in [0.05, 0.1) is 5.56 Å². The first-order valence-corrected chi connectivity index (χ1v) is 8.36. The van der Waals surface area contributed by atoms with Gasteiger partial charge in [-0.3, -0.25) is 9.36 Å². The molecule has 2 N–H and O–H groups in total. The number of nitrogens with zero attached hydrogens (tertiary/aromatic N) is 3. The van der Waals surface area contributed by atoms with Crippen LogP contribution in [0.3, 0.4) is 0 Å². The number of carbonyl (C=O) groups is 1. The van der Waals surface area contributed by atoms with E-state index < -0.39 is 0 Å². The Labute approximate surface area is 143 Å². The summed E-state index contributed by atoms with van der Waals surface area (Å²) in [5.74, 6) is 1.86. The van der Waals surface area contributed by atoms with E-state index >= 15 is 0 Å². The van der Waals surface area contributed by atoms with Gasteiger partial charge in [0.1, 0.15) is 5.76 Å². The number of nitrogens with two attached hydrogens (primary N) is 1. The van der Waals surface area contributed by atoms with Crippen LogP contribution in [-0.2, 0) is 0 Å². The summed E-state index contributed by atoms with van der Waals surface area (Å²) in [6.45, 7) is 10.6. The topological polar surface area (TPSA) is 77.3 Å². The molecular weight excluding hydrogens is 304 g/mol. The molecule has 24 heavy (non-hydrogen) atoms. The Balaban J connectivity index is 2.18. The highest BCUT2D eigenvalue weighted by atomic mass is 16.5. The van der Waals surface area contributed by atoms with Crippen molar-refractivity contribution in [1.82, 2.24) is 14.6 Å². The second kappa shape index (κ2) is 7.21. The van der Waals surface area contributed by atoms with E-state index in [1.807, 2.05) is 44.5 Å². The predicted octanol–water partition coefficient (Wildman–Crippen LogP) is 2.84. The standard InChI is InChI=1S/C18H28N4O2/c1-11(2)16(19)7-8-21(6)18(23)15-9-12(3)22(14(15)5)17-10-13(4)24-20-17/h9-11,16H,7-8,19H2,1-6H3. The Hall–Kier alpha value is -2.08. The largest absolute Gasteiger partial charge is 0.360 e. The minimum absolute atomic E-state index is 0.00511. The van der Waals surface area contributed by atoms with Crippen molar-refractivity contribution in [2.75, 3.05) is 13.6 Å². The molecule has 0 aliphatic rings. The fourth-order valence-corrected chi connectivity index (χ4v) is 2.77. The first-order valence-electron chi connectivity index (χ1n) is 8.36. The molecule has 6 nitrogen and oxygen atoms in total. The van der Waals surface area contributed by atoms with Gasteiger partial charge in [0, 0.05) is 37.1 Å². The zero-order chi connectivity index (χ0) is 18.0. The van der Waals surface area contributed by atoms with E-state index in [2.05, 4.69) is 19.0 Å². The van der Waals surface area contributed by atoms with Crippen LogP contribution in [0.25, 0.3) is 5.82 Å². The van der Waals surface area contributed by atoms with Crippen LogP contribution in [0.4, 0.5) is 0 Å². The molecule has 0 saturated heterocycles. The van der Waals surface area contributed by atoms with Crippen molar-refractivity contribution in [3.05, 3.63) is 34.8 Å². The van der Waals surface area contributed by atoms with Crippen LogP contribution in [0.2, 0.25) is 0 Å². The van der Waals surface area contributed by atoms with Crippen LogP contribution in [0.5, 0.6) is 0 Å². The van der Waals surface area contributed by atoms with E-state index in [1.165, 1.54) is 0 Å². The van der Waals surface area contributed by atoms with E-state index in [-0.39, 0.29) is 11.9 Å². The number of rotatable bonds is 6. The lowest BCUT2D eigenvalue weighted by molar-refractivity contribution is 0.0788. The lowest BCUT2D eigenvalue weighted by atomic mass is 10.0. The second-order valence-corrected chi connectivity index (χ2v) is 6.84. The molecule has 0 radical (unpaired) electrons. The van der Waals surface area contributed by atoms with E-state index in [9.17, 15) is 4.79 Å². The molecule has 1 unspecified atom stereocenters. The third-order valence-electron chi connectivity index (χ3n) is 4.51. The van der Waals surface area contributed by atoms with E-state index in [0.29, 0.717) is 23.8 Å². The number of amides is 1. The molecule has 2 aromatic rings. The molecule has 2 heterocycles. The highest BCUT2D eigenvalue weighted by molar-refractivity contribution is 5.95. The highest BCUT2D eigenvalue weighted by Crippen LogP contribution is 2.22. The van der Waals surface area contributed by atoms with Gasteiger partial charge in [-0.05, 0) is 39.2 Å². The molecular formula is C18H28N4O2. The normalized spacial score (nSPS) is 12.7. The number of carbonyl (C=O) groups excluding carboxylic acids is 1. The summed E-state index contributed by atoms with van der Waals surface area (Å²) >= 11 is 0. The molecule has 132 valence electrons. The van der Waals surface area contributed by atoms with Crippen LogP contribution in [0.15, 0.2) is 16.7 Å². The number of hydrogen-bond acceptors (Lipinski definition) is 4. The monoisotopic (exact) mass is 332 g/mol. The second-order valence-electron chi connectivity index (χ2n) is 6.84. The quantitative estimate of drug-likeness (QED) is 0.882. The molecule has 0 saturated carbocycles. The van der Waals surface area contributed by atoms with Gasteiger partial charge in [0.25, 0.3) is 5.91 Å². The maximum atomic E-state index is 12.8. The Morgan fingerprint density at radius 2 is 2.00 bits per heavy atom. The summed E-state index contributed by atoms with van der Waals surface area (Å²) in [5.41, 5.74) is 8.59. The Morgan fingerprint density at radius 3 is 2.54 bits per heavy atom. The average Bonchev–Trinajstić information content (AvgIpc) is 3.06. The summed E-state index contributed by atoms with van der Waals surface area (Å²) in [6, 6.07) is 3.87. The van der Waals surface area contributed by atoms with Gasteiger partial charge in [0.15, 0.2) is 5.82 Å². The molecule has 0 fully saturated rings. The van der Waals surface area contributed by atoms with Gasteiger partial charge in [-0.25, -0.2) is 0 Å². The summed E-state index contributed by atoms with van der Waals surface area (Å²) in [6.07, 6.45) is 0.793. The minimum Gasteiger partial charge on any atom is -0.360 e. The van der Waals surface area contributed by atoms with E-state index in [0.717, 1.165) is 23.6 Å². The Kier molecular flexibility index (Phi) is 5.49. The fourth-order valence-electron chi connectivity index (χ4n) is 2.77. The first kappa shape index (κ1) is 18.3. The maximum absolute atomic E-state index is 12.8. The van der Waals surface area contributed by atoms with Gasteiger partial charge in [-0.1, -0.05) is 19.0 Å². The molecule has 0 bridgehead atoms. The summed E-state index contributed by atoms with van der Waals surface area (Å²) < 4.78 is 7.10. The lowest BCUT2D eigenvalue weighted by Crippen LogP contribution is -2.34. The molecule has 2 aromatic heterocycles. The van der Waals surface area contributed by atoms with Gasteiger partial charge in [-0.2, -0.15) is 0 Å². The average molecular weight is 332 g/mol. The lowest BCUT2D eigenvalue weighted by Gasteiger charge is -2.21. The molecule has 2 rings (SSSR count). The first-order chi connectivity index (χ1) is 11.2. The van der Waals surface area contributed by atoms with Gasteiger partial charge >= 0.3 is 0 Å². The predicted molar refractivity (Wildman–Crippen MR) is 94.4 cm³/mol. The third kappa shape index (κ3) is 3.70. The SMILES string of the molecule is Cc1cc(-n2c(C)cc(C(=O)N(C)CCC(N)C(C)C)c2C)no1. The molecule has 6 heteroatoms. The minimum atomic E-state index is 0.00511. The molecule has 1 atom stereocenters. The van der Waals surface area contributed by atoms with Crippen molar-refractivity contribution in [2.45, 2.75) is 47.1 Å². The number of aromatic nitrogens is 2. The van der Waals surface area contributed by atoms with Crippen LogP contribution in [0, 0.1) is 26.7 Å². The summed E-state index contributed by atoms with van der Waals surface area (Å²) in [7, 11) is 1.82. The van der Waals surface area contributed by atoms with Crippen LogP contribution in [0.1, 0.15) is 47.8 Å². The van der Waals surface area contributed by atoms with Crippen molar-refractivity contribution in [2.24, 2.45) is 11.7 Å². The van der Waals surface area contributed by atoms with Crippen molar-refractivity contribution >= 4 is 5.91 Å². The zero-order valence-corrected chi connectivity index (χ0v) is 15.5. The Morgan fingerprint density at radius 1 is 1.33 bits per heavy atom. The maximum Gasteiger partial charge on any atom is 0.255 e. The number of aryl methyl sites for hydroxylation is 2. The van der Waals surface area contributed by atoms with Crippen molar-refractivity contribution in [3.8, 4) is 5.82 Å². The third-order valence-corrected chi connectivity index (χ3v) is 4.51. The molecule has 1 amide bonds. The summed E-state index contributed by atoms with van der Waals surface area (Å²) in [5, 5.41) is 4.05. The molecule has 0 aromatic carbocycles. The van der Waals surface area contributed by atoms with Crippen molar-refractivity contribution in [1.29, 1.82) is 0 Å². The number of hydrogen-bond donors (Lipinski definition) is 1. The van der Waals surface area contributed by atoms with Gasteiger partial charge < -0.3 is 15.2 Å². The van der Waals surface area contributed by atoms with E-state index in [4.69, 9.17) is 10.3 Å². The highest BCUT2D eigenvalue weighted by Gasteiger charge is 2.21. The van der Waals surface area contributed by atoms with Crippen LogP contribution in [-0.4, -0.2) is 40.2 Å². The molecule has 0 spiro atoms. The van der Waals surface area contributed by atoms with Crippen molar-refractivity contribution in [3.63, 3.8) is 0 Å². The Bertz CT molecular complexity index is 715. The zero-order valence-electron chi connectivity index (χ0n) is 15.5. The van der Waals surface area contributed by atoms with Gasteiger partial charge in [0.2, 0.25) is 0 Å². The van der Waals surface area contributed by atoms with Crippen LogP contribution >= 0.6 is 0 Å². The van der Waals surface area contributed by atoms with Crippen LogP contribution < -0.4 is 5.73 Å². The fraction of sp³-hybridized carbons (Fsp3) is 0.556. The van der Waals surface area contributed by atoms with Gasteiger partial charge in [-0.15, -0.1) is 0 Å².